The summed E-state index contributed by atoms with van der Waals surface area (Å²) in [5, 5.41) is 5.95. The molecule has 1 heterocycles. The van der Waals surface area contributed by atoms with Gasteiger partial charge in [-0.3, -0.25) is 9.59 Å². The van der Waals surface area contributed by atoms with E-state index in [1.807, 2.05) is 24.3 Å². The van der Waals surface area contributed by atoms with Crippen molar-refractivity contribution >= 4 is 17.5 Å². The van der Waals surface area contributed by atoms with Crippen molar-refractivity contribution < 1.29 is 19.1 Å². The fourth-order valence-electron chi connectivity index (χ4n) is 3.67. The van der Waals surface area contributed by atoms with Crippen LogP contribution in [-0.4, -0.2) is 51.7 Å². The van der Waals surface area contributed by atoms with Gasteiger partial charge in [-0.1, -0.05) is 18.2 Å². The van der Waals surface area contributed by atoms with Crippen molar-refractivity contribution in [3.63, 3.8) is 0 Å². The topological polar surface area (TPSA) is 79.9 Å². The van der Waals surface area contributed by atoms with Crippen molar-refractivity contribution in [1.29, 1.82) is 0 Å². The van der Waals surface area contributed by atoms with Gasteiger partial charge in [-0.2, -0.15) is 0 Å². The minimum Gasteiger partial charge on any atom is -0.497 e. The predicted molar refractivity (Wildman–Crippen MR) is 121 cm³/mol. The van der Waals surface area contributed by atoms with Gasteiger partial charge in [0.2, 0.25) is 0 Å². The van der Waals surface area contributed by atoms with Gasteiger partial charge in [0.15, 0.2) is 0 Å². The average Bonchev–Trinajstić information content (AvgIpc) is 2.82. The molecule has 0 spiro atoms. The highest BCUT2D eigenvalue weighted by Crippen LogP contribution is 2.25. The molecule has 0 unspecified atom stereocenters. The van der Waals surface area contributed by atoms with Gasteiger partial charge in [0.1, 0.15) is 11.5 Å². The van der Waals surface area contributed by atoms with Crippen LogP contribution in [0.4, 0.5) is 5.69 Å². The van der Waals surface area contributed by atoms with Crippen molar-refractivity contribution in [2.75, 3.05) is 38.8 Å². The molecule has 0 aromatic heterocycles. The van der Waals surface area contributed by atoms with Gasteiger partial charge < -0.3 is 25.0 Å². The largest absolute Gasteiger partial charge is 0.497 e. The van der Waals surface area contributed by atoms with Crippen LogP contribution in [0.2, 0.25) is 0 Å². The first-order valence-corrected chi connectivity index (χ1v) is 10.3. The fraction of sp³-hybridized carbons (Fsp3) is 0.333. The molecule has 164 valence electrons. The molecule has 2 N–H and O–H groups in total. The lowest BCUT2D eigenvalue weighted by molar-refractivity contribution is 0.0929. The van der Waals surface area contributed by atoms with E-state index in [0.29, 0.717) is 29.2 Å². The van der Waals surface area contributed by atoms with Gasteiger partial charge in [0.25, 0.3) is 11.8 Å². The lowest BCUT2D eigenvalue weighted by atomic mass is 10.0. The van der Waals surface area contributed by atoms with Crippen LogP contribution in [-0.2, 0) is 0 Å². The molecule has 0 aliphatic carbocycles. The number of amides is 2. The second-order valence-corrected chi connectivity index (χ2v) is 7.35. The number of anilines is 1. The van der Waals surface area contributed by atoms with Crippen molar-refractivity contribution in [1.82, 2.24) is 10.6 Å². The average molecular weight is 424 g/mol. The van der Waals surface area contributed by atoms with Crippen molar-refractivity contribution in [2.45, 2.75) is 18.9 Å². The van der Waals surface area contributed by atoms with E-state index in [0.717, 1.165) is 31.6 Å². The summed E-state index contributed by atoms with van der Waals surface area (Å²) in [6.45, 7) is 5.56. The van der Waals surface area contributed by atoms with E-state index in [-0.39, 0.29) is 17.9 Å². The standard InChI is InChI=1S/C24H29N3O4/c1-4-11-25-24(29)21-7-5-6-8-22(21)27-12-9-18(10-13-27)26-23(28)17-14-19(30-2)16-20(15-17)31-3/h4-8,14-16,18H,1,9-13H2,2-3H3,(H,25,29)(H,26,28). The first kappa shape index (κ1) is 22.2. The maximum absolute atomic E-state index is 12.7. The van der Waals surface area contributed by atoms with Crippen LogP contribution in [0.25, 0.3) is 0 Å². The molecule has 1 fully saturated rings. The third-order valence-corrected chi connectivity index (χ3v) is 5.34. The minimum absolute atomic E-state index is 0.0581. The fourth-order valence-corrected chi connectivity index (χ4v) is 3.67. The van der Waals surface area contributed by atoms with Crippen LogP contribution >= 0.6 is 0 Å². The summed E-state index contributed by atoms with van der Waals surface area (Å²) in [6, 6.07) is 12.8. The van der Waals surface area contributed by atoms with Crippen molar-refractivity contribution in [2.24, 2.45) is 0 Å². The Balaban J connectivity index is 1.62. The molecule has 7 heteroatoms. The van der Waals surface area contributed by atoms with Crippen molar-refractivity contribution in [3.8, 4) is 11.5 Å². The van der Waals surface area contributed by atoms with Crippen LogP contribution in [0.3, 0.4) is 0 Å². The number of hydrogen-bond donors (Lipinski definition) is 2. The quantitative estimate of drug-likeness (QED) is 0.638. The second-order valence-electron chi connectivity index (χ2n) is 7.35. The van der Waals surface area contributed by atoms with Crippen LogP contribution in [0.5, 0.6) is 11.5 Å². The summed E-state index contributed by atoms with van der Waals surface area (Å²) in [6.07, 6.45) is 3.23. The summed E-state index contributed by atoms with van der Waals surface area (Å²) >= 11 is 0. The molecule has 3 rings (SSSR count). The highest BCUT2D eigenvalue weighted by Gasteiger charge is 2.24. The molecule has 0 atom stereocenters. The number of piperidine rings is 1. The molecule has 7 nitrogen and oxygen atoms in total. The normalized spacial score (nSPS) is 13.9. The lowest BCUT2D eigenvalue weighted by Crippen LogP contribution is -2.45. The monoisotopic (exact) mass is 423 g/mol. The van der Waals surface area contributed by atoms with Gasteiger partial charge >= 0.3 is 0 Å². The highest BCUT2D eigenvalue weighted by molar-refractivity contribution is 6.00. The maximum Gasteiger partial charge on any atom is 0.253 e. The predicted octanol–water partition coefficient (Wildman–Crippen LogP) is 3.02. The summed E-state index contributed by atoms with van der Waals surface area (Å²) in [5.74, 6) is 0.883. The van der Waals surface area contributed by atoms with Crippen LogP contribution in [0, 0.1) is 0 Å². The van der Waals surface area contributed by atoms with Crippen molar-refractivity contribution in [3.05, 3.63) is 66.2 Å². The Labute approximate surface area is 183 Å². The summed E-state index contributed by atoms with van der Waals surface area (Å²) in [4.78, 5) is 27.4. The van der Waals surface area contributed by atoms with Crippen LogP contribution < -0.4 is 25.0 Å². The number of rotatable bonds is 8. The van der Waals surface area contributed by atoms with E-state index in [1.54, 1.807) is 38.5 Å². The summed E-state index contributed by atoms with van der Waals surface area (Å²) in [5.41, 5.74) is 2.06. The smallest absolute Gasteiger partial charge is 0.253 e. The highest BCUT2D eigenvalue weighted by atomic mass is 16.5. The van der Waals surface area contributed by atoms with E-state index < -0.39 is 0 Å². The Morgan fingerprint density at radius 3 is 2.32 bits per heavy atom. The van der Waals surface area contributed by atoms with E-state index in [4.69, 9.17) is 9.47 Å². The Bertz CT molecular complexity index is 914. The number of ether oxygens (including phenoxy) is 2. The van der Waals surface area contributed by atoms with Gasteiger partial charge in [0.05, 0.1) is 19.8 Å². The molecule has 1 aliphatic rings. The summed E-state index contributed by atoms with van der Waals surface area (Å²) in [7, 11) is 3.11. The Morgan fingerprint density at radius 2 is 1.71 bits per heavy atom. The number of nitrogens with zero attached hydrogens (tertiary/aromatic N) is 1. The number of methoxy groups -OCH3 is 2. The van der Waals surface area contributed by atoms with Crippen LogP contribution in [0.1, 0.15) is 33.6 Å². The first-order chi connectivity index (χ1) is 15.0. The third-order valence-electron chi connectivity index (χ3n) is 5.34. The molecule has 1 saturated heterocycles. The first-order valence-electron chi connectivity index (χ1n) is 10.3. The SMILES string of the molecule is C=CCNC(=O)c1ccccc1N1CCC(NC(=O)c2cc(OC)cc(OC)c2)CC1. The molecule has 0 radical (unpaired) electrons. The van der Waals surface area contributed by atoms with E-state index in [1.165, 1.54) is 0 Å². The number of benzene rings is 2. The molecule has 0 bridgehead atoms. The molecular weight excluding hydrogens is 394 g/mol. The maximum atomic E-state index is 12.7. The van der Waals surface area contributed by atoms with E-state index in [2.05, 4.69) is 22.1 Å². The number of carbonyl (C=O) groups excluding carboxylic acids is 2. The molecule has 2 aromatic rings. The zero-order valence-electron chi connectivity index (χ0n) is 18.0. The molecule has 2 amide bonds. The Kier molecular flexibility index (Phi) is 7.54. The van der Waals surface area contributed by atoms with Gasteiger partial charge in [-0.25, -0.2) is 0 Å². The third kappa shape index (κ3) is 5.57. The zero-order chi connectivity index (χ0) is 22.2. The number of para-hydroxylation sites is 1. The molecule has 2 aromatic carbocycles. The Hall–Kier alpha value is -3.48. The second kappa shape index (κ2) is 10.5. The molecule has 31 heavy (non-hydrogen) atoms. The van der Waals surface area contributed by atoms with Gasteiger partial charge in [-0.15, -0.1) is 6.58 Å². The van der Waals surface area contributed by atoms with E-state index >= 15 is 0 Å². The minimum atomic E-state index is -0.153. The van der Waals surface area contributed by atoms with Crippen LogP contribution in [0.15, 0.2) is 55.1 Å². The van der Waals surface area contributed by atoms with E-state index in [9.17, 15) is 9.59 Å². The molecule has 1 aliphatic heterocycles. The summed E-state index contributed by atoms with van der Waals surface area (Å²) < 4.78 is 10.5. The zero-order valence-corrected chi connectivity index (χ0v) is 18.0. The van der Waals surface area contributed by atoms with Gasteiger partial charge in [0, 0.05) is 43.0 Å². The molecule has 0 saturated carbocycles. The number of nitrogens with one attached hydrogen (secondary N) is 2. The van der Waals surface area contributed by atoms with Gasteiger partial charge in [-0.05, 0) is 37.1 Å². The Morgan fingerprint density at radius 1 is 1.06 bits per heavy atom. The molecular formula is C24H29N3O4. The number of hydrogen-bond acceptors (Lipinski definition) is 5. The lowest BCUT2D eigenvalue weighted by Gasteiger charge is -2.35. The number of carbonyl (C=O) groups is 2.